The number of sulfonamides is 2. The summed E-state index contributed by atoms with van der Waals surface area (Å²) in [5.41, 5.74) is 11.5. The van der Waals surface area contributed by atoms with Crippen molar-refractivity contribution in [3.05, 3.63) is 35.3 Å². The predicted molar refractivity (Wildman–Crippen MR) is 138 cm³/mol. The second-order valence-corrected chi connectivity index (χ2v) is 12.2. The van der Waals surface area contributed by atoms with Crippen LogP contribution in [-0.4, -0.2) is 71.2 Å². The van der Waals surface area contributed by atoms with Gasteiger partial charge in [-0.25, -0.2) is 26.5 Å². The highest BCUT2D eigenvalue weighted by molar-refractivity contribution is 7.98. The molecule has 2 aromatic rings. The van der Waals surface area contributed by atoms with Crippen molar-refractivity contribution in [2.75, 3.05) is 33.0 Å². The van der Waals surface area contributed by atoms with Crippen molar-refractivity contribution in [3.8, 4) is 0 Å². The molecule has 2 rings (SSSR count). The Morgan fingerprint density at radius 2 is 1.97 bits per heavy atom. The lowest BCUT2D eigenvalue weighted by atomic mass is 10.4. The molecule has 0 fully saturated rings. The molecular formula is C18H28N8O5S4. The lowest BCUT2D eigenvalue weighted by Gasteiger charge is -2.17. The van der Waals surface area contributed by atoms with Gasteiger partial charge in [-0.15, -0.1) is 11.3 Å². The molecule has 0 aliphatic carbocycles. The van der Waals surface area contributed by atoms with E-state index in [9.17, 15) is 16.8 Å². The molecular weight excluding hydrogens is 537 g/mol. The van der Waals surface area contributed by atoms with Gasteiger partial charge in [0.2, 0.25) is 11.1 Å². The number of thiazole rings is 1. The summed E-state index contributed by atoms with van der Waals surface area (Å²) in [5, 5.41) is 5.25. The largest absolute Gasteiger partial charge is 0.370 e. The van der Waals surface area contributed by atoms with Crippen LogP contribution in [-0.2, 0) is 30.6 Å². The Morgan fingerprint density at radius 3 is 2.63 bits per heavy atom. The summed E-state index contributed by atoms with van der Waals surface area (Å²) >= 11 is 2.90. The van der Waals surface area contributed by atoms with Crippen LogP contribution >= 0.6 is 23.1 Å². The number of nitrogens with one attached hydrogen (secondary N) is 2. The number of nitrogens with two attached hydrogens (primary N) is 2. The smallest absolute Gasteiger partial charge is 0.264 e. The van der Waals surface area contributed by atoms with Gasteiger partial charge in [0, 0.05) is 37.5 Å². The molecule has 1 aromatic heterocycles. The Bertz CT molecular complexity index is 1260. The Morgan fingerprint density at radius 1 is 1.26 bits per heavy atom. The predicted octanol–water partition coefficient (Wildman–Crippen LogP) is 0.407. The van der Waals surface area contributed by atoms with Crippen LogP contribution in [0.3, 0.4) is 0 Å². The summed E-state index contributed by atoms with van der Waals surface area (Å²) < 4.78 is 53.8. The van der Waals surface area contributed by atoms with Crippen molar-refractivity contribution in [1.29, 1.82) is 0 Å². The summed E-state index contributed by atoms with van der Waals surface area (Å²) in [6, 6.07) is 4.97. The third-order valence-electron chi connectivity index (χ3n) is 4.07. The fraction of sp³-hybridized carbons (Fsp3) is 0.389. The SMILES string of the molecule is CCON(C)S(=O)(=O)c1cccc(S(=O)(=O)NC(=NC)NCCSCc2csc(N=C(N)N)n2)c1. The maximum atomic E-state index is 12.8. The van der Waals surface area contributed by atoms with E-state index >= 15 is 0 Å². The third-order valence-corrected chi connectivity index (χ3v) is 8.82. The van der Waals surface area contributed by atoms with Crippen LogP contribution < -0.4 is 21.5 Å². The molecule has 0 saturated carbocycles. The molecule has 13 nitrogen and oxygen atoms in total. The van der Waals surface area contributed by atoms with Gasteiger partial charge < -0.3 is 16.8 Å². The van der Waals surface area contributed by atoms with Crippen molar-refractivity contribution in [3.63, 3.8) is 0 Å². The van der Waals surface area contributed by atoms with Crippen LogP contribution in [0.5, 0.6) is 0 Å². The van der Waals surface area contributed by atoms with Crippen LogP contribution in [0, 0.1) is 0 Å². The number of hydrogen-bond acceptors (Lipinski definition) is 10. The standard InChI is InChI=1S/C18H28N8O5S4/c1-4-31-26(3)35(29,30)15-7-5-6-14(10-15)34(27,28)25-17(21-2)22-8-9-32-11-13-12-33-18(23-13)24-16(19)20/h5-7,10,12H,4,8-9,11H2,1-3H3,(H2,21,22,25)(H4,19,20,23,24). The van der Waals surface area contributed by atoms with E-state index in [2.05, 4.69) is 25.0 Å². The number of aromatic nitrogens is 1. The quantitative estimate of drug-likeness (QED) is 0.121. The average molecular weight is 565 g/mol. The van der Waals surface area contributed by atoms with Crippen molar-refractivity contribution < 1.29 is 21.7 Å². The van der Waals surface area contributed by atoms with Crippen molar-refractivity contribution in [2.45, 2.75) is 22.5 Å². The van der Waals surface area contributed by atoms with Gasteiger partial charge in [0.15, 0.2) is 5.96 Å². The van der Waals surface area contributed by atoms with Crippen LogP contribution in [0.15, 0.2) is 49.4 Å². The van der Waals surface area contributed by atoms with Crippen LogP contribution in [0.1, 0.15) is 12.6 Å². The van der Waals surface area contributed by atoms with Crippen molar-refractivity contribution in [2.24, 2.45) is 21.5 Å². The van der Waals surface area contributed by atoms with Gasteiger partial charge in [-0.05, 0) is 25.1 Å². The highest BCUT2D eigenvalue weighted by Gasteiger charge is 2.24. The number of nitrogens with zero attached hydrogens (tertiary/aromatic N) is 4. The molecule has 35 heavy (non-hydrogen) atoms. The summed E-state index contributed by atoms with van der Waals surface area (Å²) in [4.78, 5) is 16.6. The Kier molecular flexibility index (Phi) is 10.7. The van der Waals surface area contributed by atoms with Crippen molar-refractivity contribution >= 4 is 60.2 Å². The van der Waals surface area contributed by atoms with Gasteiger partial charge in [0.25, 0.3) is 20.0 Å². The molecule has 1 aromatic carbocycles. The van der Waals surface area contributed by atoms with Gasteiger partial charge in [0.1, 0.15) is 0 Å². The van der Waals surface area contributed by atoms with E-state index in [1.807, 2.05) is 5.38 Å². The zero-order valence-corrected chi connectivity index (χ0v) is 22.6. The number of thioether (sulfide) groups is 1. The van der Waals surface area contributed by atoms with E-state index in [1.54, 1.807) is 18.7 Å². The van der Waals surface area contributed by atoms with Crippen LogP contribution in [0.25, 0.3) is 0 Å². The number of aliphatic imine (C=N–C) groups is 2. The van der Waals surface area contributed by atoms with Crippen LogP contribution in [0.2, 0.25) is 0 Å². The molecule has 0 radical (unpaired) electrons. The van der Waals surface area contributed by atoms with Gasteiger partial charge in [-0.3, -0.25) is 9.83 Å². The fourth-order valence-corrected chi connectivity index (χ4v) is 6.27. The van der Waals surface area contributed by atoms with E-state index in [1.165, 1.54) is 43.6 Å². The summed E-state index contributed by atoms with van der Waals surface area (Å²) in [6.07, 6.45) is 0. The monoisotopic (exact) mass is 564 g/mol. The number of guanidine groups is 2. The Balaban J connectivity index is 1.94. The second kappa shape index (κ2) is 13.0. The van der Waals surface area contributed by atoms with E-state index in [0.717, 1.165) is 11.8 Å². The first-order chi connectivity index (χ1) is 16.5. The van der Waals surface area contributed by atoms with E-state index in [0.29, 0.717) is 27.7 Å². The average Bonchev–Trinajstić information content (AvgIpc) is 3.24. The molecule has 0 saturated heterocycles. The maximum Gasteiger partial charge on any atom is 0.264 e. The molecule has 0 atom stereocenters. The molecule has 0 unspecified atom stereocenters. The zero-order chi connectivity index (χ0) is 26.1. The maximum absolute atomic E-state index is 12.8. The van der Waals surface area contributed by atoms with Crippen molar-refractivity contribution in [1.82, 2.24) is 19.5 Å². The molecule has 6 N–H and O–H groups in total. The molecule has 0 amide bonds. The molecule has 1 heterocycles. The van der Waals surface area contributed by atoms with Gasteiger partial charge in [0.05, 0.1) is 22.1 Å². The molecule has 0 aliphatic heterocycles. The minimum atomic E-state index is -4.10. The minimum absolute atomic E-state index is 0.0222. The van der Waals surface area contributed by atoms with E-state index in [-0.39, 0.29) is 28.3 Å². The molecule has 17 heteroatoms. The highest BCUT2D eigenvalue weighted by atomic mass is 32.2. The van der Waals surface area contributed by atoms with E-state index < -0.39 is 20.0 Å². The summed E-state index contributed by atoms with van der Waals surface area (Å²) in [6.45, 7) is 2.19. The molecule has 194 valence electrons. The molecule has 0 aliphatic rings. The summed E-state index contributed by atoms with van der Waals surface area (Å²) in [7, 11) is -5.46. The topological polar surface area (TPSA) is 194 Å². The number of hydrogen-bond donors (Lipinski definition) is 4. The normalized spacial score (nSPS) is 12.5. The minimum Gasteiger partial charge on any atom is -0.370 e. The van der Waals surface area contributed by atoms with E-state index in [4.69, 9.17) is 16.3 Å². The Labute approximate surface area is 213 Å². The second-order valence-electron chi connectivity index (χ2n) is 6.62. The zero-order valence-electron chi connectivity index (χ0n) is 19.3. The third kappa shape index (κ3) is 8.62. The number of benzene rings is 1. The lowest BCUT2D eigenvalue weighted by Crippen LogP contribution is -2.41. The first-order valence-electron chi connectivity index (χ1n) is 10.1. The molecule has 0 spiro atoms. The highest BCUT2D eigenvalue weighted by Crippen LogP contribution is 2.22. The molecule has 0 bridgehead atoms. The lowest BCUT2D eigenvalue weighted by molar-refractivity contribution is -0.0578. The fourth-order valence-electron chi connectivity index (χ4n) is 2.49. The first kappa shape index (κ1) is 28.8. The van der Waals surface area contributed by atoms with Gasteiger partial charge >= 0.3 is 0 Å². The number of rotatable bonds is 12. The van der Waals surface area contributed by atoms with Gasteiger partial charge in [-0.2, -0.15) is 16.8 Å². The number of hydroxylamine groups is 1. The Hall–Kier alpha value is -2.44. The van der Waals surface area contributed by atoms with Crippen LogP contribution in [0.4, 0.5) is 5.13 Å². The first-order valence-corrected chi connectivity index (χ1v) is 15.0. The van der Waals surface area contributed by atoms with Gasteiger partial charge in [-0.1, -0.05) is 10.5 Å². The summed E-state index contributed by atoms with van der Waals surface area (Å²) in [5.74, 6) is 1.23.